The van der Waals surface area contributed by atoms with Gasteiger partial charge in [-0.3, -0.25) is 14.6 Å². The van der Waals surface area contributed by atoms with Crippen molar-refractivity contribution in [2.75, 3.05) is 50.7 Å². The van der Waals surface area contributed by atoms with Crippen LogP contribution < -0.4 is 10.6 Å². The fourth-order valence-electron chi connectivity index (χ4n) is 5.15. The minimum Gasteiger partial charge on any atom is -0.387 e. The molecule has 0 aliphatic carbocycles. The van der Waals surface area contributed by atoms with Gasteiger partial charge in [0.15, 0.2) is 0 Å². The van der Waals surface area contributed by atoms with Crippen molar-refractivity contribution in [1.29, 1.82) is 0 Å². The Hall–Kier alpha value is -1.70. The molecule has 2 atom stereocenters. The quantitative estimate of drug-likeness (QED) is 0.807. The third-order valence-electron chi connectivity index (χ3n) is 6.51. The first-order chi connectivity index (χ1) is 13.1. The van der Waals surface area contributed by atoms with Gasteiger partial charge in [-0.2, -0.15) is 0 Å². The van der Waals surface area contributed by atoms with E-state index in [0.717, 1.165) is 65.1 Å². The van der Waals surface area contributed by atoms with Gasteiger partial charge in [-0.05, 0) is 50.9 Å². The van der Waals surface area contributed by atoms with Crippen LogP contribution in [-0.2, 0) is 0 Å². The molecule has 0 bridgehead atoms. The summed E-state index contributed by atoms with van der Waals surface area (Å²) in [6, 6.07) is 3.80. The average molecular weight is 374 g/mol. The lowest BCUT2D eigenvalue weighted by Gasteiger charge is -2.51. The number of hydrogen-bond donors (Lipinski definition) is 2. The lowest BCUT2D eigenvalue weighted by atomic mass is 9.79. The normalized spacial score (nSPS) is 30.1. The van der Waals surface area contributed by atoms with Crippen molar-refractivity contribution >= 4 is 11.7 Å². The summed E-state index contributed by atoms with van der Waals surface area (Å²) in [4.78, 5) is 23.1. The van der Waals surface area contributed by atoms with Gasteiger partial charge in [-0.25, -0.2) is 4.98 Å². The monoisotopic (exact) mass is 373 g/mol. The molecule has 3 N–H and O–H groups in total. The Morgan fingerprint density at radius 1 is 1.19 bits per heavy atom. The molecule has 0 saturated carbocycles. The second kappa shape index (κ2) is 7.73. The van der Waals surface area contributed by atoms with Crippen molar-refractivity contribution in [1.82, 2.24) is 14.8 Å². The van der Waals surface area contributed by atoms with Crippen molar-refractivity contribution < 1.29 is 9.90 Å². The van der Waals surface area contributed by atoms with E-state index in [4.69, 9.17) is 5.73 Å². The fraction of sp³-hybridized carbons (Fsp3) is 0.700. The number of aromatic nitrogens is 1. The number of rotatable bonds is 4. The van der Waals surface area contributed by atoms with Crippen LogP contribution in [-0.4, -0.2) is 83.3 Å². The van der Waals surface area contributed by atoms with Gasteiger partial charge < -0.3 is 15.7 Å². The number of piperazine rings is 1. The molecule has 3 saturated heterocycles. The van der Waals surface area contributed by atoms with Crippen molar-refractivity contribution in [2.24, 2.45) is 5.73 Å². The second-order valence-electron chi connectivity index (χ2n) is 8.26. The van der Waals surface area contributed by atoms with Crippen molar-refractivity contribution in [2.45, 2.75) is 43.7 Å². The summed E-state index contributed by atoms with van der Waals surface area (Å²) in [7, 11) is 0. The van der Waals surface area contributed by atoms with E-state index >= 15 is 0 Å². The molecule has 4 rings (SSSR count). The highest BCUT2D eigenvalue weighted by Gasteiger charge is 2.45. The van der Waals surface area contributed by atoms with Gasteiger partial charge in [0.1, 0.15) is 5.82 Å². The first-order valence-electron chi connectivity index (χ1n) is 10.3. The zero-order valence-electron chi connectivity index (χ0n) is 16.0. The van der Waals surface area contributed by atoms with E-state index in [9.17, 15) is 9.90 Å². The number of fused-ring (bicyclic) bond motifs is 1. The Bertz CT molecular complexity index is 674. The number of carbonyl (C=O) groups is 1. The number of β-amino-alcohol motifs (C(OH)–C–C–N with tert-alkyl or cyclic N) is 1. The largest absolute Gasteiger partial charge is 0.387 e. The Labute approximate surface area is 161 Å². The molecule has 3 aliphatic heterocycles. The maximum atomic E-state index is 11.7. The molecule has 0 unspecified atom stereocenters. The van der Waals surface area contributed by atoms with Crippen LogP contribution in [0.3, 0.4) is 0 Å². The van der Waals surface area contributed by atoms with Crippen molar-refractivity contribution in [3.63, 3.8) is 0 Å². The number of nitrogens with zero attached hydrogens (tertiary/aromatic N) is 4. The molecular weight excluding hydrogens is 342 g/mol. The summed E-state index contributed by atoms with van der Waals surface area (Å²) >= 11 is 0. The third-order valence-corrected chi connectivity index (χ3v) is 6.51. The second-order valence-corrected chi connectivity index (χ2v) is 8.26. The SMILES string of the molecule is NC(=O)c1cccnc1N1CCN(C[C@]2(O)CCCN3CCCC[C@@H]32)CC1. The predicted octanol–water partition coefficient (Wildman–Crippen LogP) is 0.682. The zero-order valence-corrected chi connectivity index (χ0v) is 16.0. The van der Waals surface area contributed by atoms with Crippen LogP contribution in [0.1, 0.15) is 42.5 Å². The number of carbonyl (C=O) groups excluding carboxylic acids is 1. The molecule has 1 aromatic rings. The molecule has 3 fully saturated rings. The van der Waals surface area contributed by atoms with Crippen molar-refractivity contribution in [3.05, 3.63) is 23.9 Å². The van der Waals surface area contributed by atoms with E-state index in [0.29, 0.717) is 17.4 Å². The topological polar surface area (TPSA) is 85.9 Å². The molecular formula is C20H31N5O2. The van der Waals surface area contributed by atoms with E-state index in [1.807, 2.05) is 0 Å². The number of piperidine rings is 2. The first kappa shape index (κ1) is 18.7. The maximum Gasteiger partial charge on any atom is 0.252 e. The fourth-order valence-corrected chi connectivity index (χ4v) is 5.15. The van der Waals surface area contributed by atoms with Gasteiger partial charge in [-0.15, -0.1) is 0 Å². The number of anilines is 1. The van der Waals surface area contributed by atoms with Gasteiger partial charge in [-0.1, -0.05) is 6.42 Å². The van der Waals surface area contributed by atoms with Gasteiger partial charge in [0.25, 0.3) is 5.91 Å². The molecule has 27 heavy (non-hydrogen) atoms. The van der Waals surface area contributed by atoms with E-state index in [-0.39, 0.29) is 0 Å². The standard InChI is InChI=1S/C20H31N5O2/c21-18(26)16-5-3-8-22-19(16)25-13-11-23(12-14-25)15-20(27)7-4-10-24-9-2-1-6-17(20)24/h3,5,8,17,27H,1-2,4,6-7,9-15H2,(H2,21,26)/t17-,20-/m1/s1. The Balaban J connectivity index is 1.39. The molecule has 1 aromatic heterocycles. The lowest BCUT2D eigenvalue weighted by Crippen LogP contribution is -2.64. The highest BCUT2D eigenvalue weighted by Crippen LogP contribution is 2.35. The van der Waals surface area contributed by atoms with Gasteiger partial charge in [0.2, 0.25) is 0 Å². The Morgan fingerprint density at radius 3 is 2.74 bits per heavy atom. The van der Waals surface area contributed by atoms with Gasteiger partial charge in [0, 0.05) is 45.0 Å². The van der Waals surface area contributed by atoms with Crippen LogP contribution in [0.2, 0.25) is 0 Å². The smallest absolute Gasteiger partial charge is 0.252 e. The van der Waals surface area contributed by atoms with Crippen LogP contribution in [0.4, 0.5) is 5.82 Å². The highest BCUT2D eigenvalue weighted by molar-refractivity contribution is 5.97. The Morgan fingerprint density at radius 2 is 1.96 bits per heavy atom. The molecule has 1 amide bonds. The Kier molecular flexibility index (Phi) is 5.34. The summed E-state index contributed by atoms with van der Waals surface area (Å²) in [5, 5.41) is 11.4. The number of hydrogen-bond acceptors (Lipinski definition) is 6. The van der Waals surface area contributed by atoms with Crippen LogP contribution in [0.5, 0.6) is 0 Å². The number of pyridine rings is 1. The molecule has 0 radical (unpaired) electrons. The molecule has 148 valence electrons. The van der Waals surface area contributed by atoms with E-state index < -0.39 is 11.5 Å². The van der Waals surface area contributed by atoms with Crippen LogP contribution in [0.25, 0.3) is 0 Å². The van der Waals surface area contributed by atoms with Crippen LogP contribution in [0.15, 0.2) is 18.3 Å². The number of primary amides is 1. The van der Waals surface area contributed by atoms with E-state index in [2.05, 4.69) is 19.7 Å². The number of aliphatic hydroxyl groups is 1. The summed E-state index contributed by atoms with van der Waals surface area (Å²) in [6.45, 7) is 6.33. The molecule has 3 aliphatic rings. The van der Waals surface area contributed by atoms with E-state index in [1.54, 1.807) is 18.3 Å². The number of nitrogens with two attached hydrogens (primary N) is 1. The molecule has 4 heterocycles. The number of amides is 1. The summed E-state index contributed by atoms with van der Waals surface area (Å²) in [6.07, 6.45) is 7.30. The van der Waals surface area contributed by atoms with Gasteiger partial charge in [0.05, 0.1) is 11.2 Å². The lowest BCUT2D eigenvalue weighted by molar-refractivity contribution is -0.109. The maximum absolute atomic E-state index is 11.7. The summed E-state index contributed by atoms with van der Waals surface area (Å²) < 4.78 is 0. The van der Waals surface area contributed by atoms with Gasteiger partial charge >= 0.3 is 0 Å². The summed E-state index contributed by atoms with van der Waals surface area (Å²) in [5.41, 5.74) is 5.39. The predicted molar refractivity (Wildman–Crippen MR) is 105 cm³/mol. The van der Waals surface area contributed by atoms with Crippen molar-refractivity contribution in [3.8, 4) is 0 Å². The summed E-state index contributed by atoms with van der Waals surface area (Å²) in [5.74, 6) is 0.244. The minimum absolute atomic E-state index is 0.315. The van der Waals surface area contributed by atoms with Crippen LogP contribution in [0, 0.1) is 0 Å². The third kappa shape index (κ3) is 3.81. The first-order valence-corrected chi connectivity index (χ1v) is 10.3. The average Bonchev–Trinajstić information content (AvgIpc) is 2.69. The molecule has 0 aromatic carbocycles. The molecule has 7 heteroatoms. The van der Waals surface area contributed by atoms with E-state index in [1.165, 1.54) is 12.8 Å². The minimum atomic E-state index is -0.593. The van der Waals surface area contributed by atoms with Crippen LogP contribution >= 0.6 is 0 Å². The zero-order chi connectivity index (χ0) is 18.9. The highest BCUT2D eigenvalue weighted by atomic mass is 16.3. The molecule has 0 spiro atoms. The molecule has 7 nitrogen and oxygen atoms in total.